The van der Waals surface area contributed by atoms with Gasteiger partial charge in [-0.3, -0.25) is 0 Å². The molecule has 0 aliphatic carbocycles. The molecule has 1 aromatic carbocycles. The molecular weight excluding hydrogens is 160 g/mol. The zero-order valence-electron chi connectivity index (χ0n) is 8.07. The normalized spacial score (nSPS) is 28.7. The van der Waals surface area contributed by atoms with Crippen LogP contribution in [0.5, 0.6) is 0 Å². The van der Waals surface area contributed by atoms with E-state index in [1.807, 2.05) is 0 Å². The average molecular weight is 176 g/mol. The summed E-state index contributed by atoms with van der Waals surface area (Å²) in [6, 6.07) is 10.5. The van der Waals surface area contributed by atoms with Crippen molar-refractivity contribution in [2.75, 3.05) is 6.61 Å². The molecule has 1 aliphatic rings. The van der Waals surface area contributed by atoms with Gasteiger partial charge in [0.25, 0.3) is 0 Å². The maximum Gasteiger partial charge on any atom is 0.0827 e. The zero-order chi connectivity index (χ0) is 9.10. The van der Waals surface area contributed by atoms with Gasteiger partial charge in [-0.2, -0.15) is 0 Å². The number of hydrogen-bond acceptors (Lipinski definition) is 1. The molecule has 13 heavy (non-hydrogen) atoms. The molecule has 2 atom stereocenters. The Morgan fingerprint density at radius 1 is 1.23 bits per heavy atom. The van der Waals surface area contributed by atoms with E-state index >= 15 is 0 Å². The molecule has 1 saturated heterocycles. The Morgan fingerprint density at radius 3 is 2.69 bits per heavy atom. The molecule has 0 bridgehead atoms. The lowest BCUT2D eigenvalue weighted by Crippen LogP contribution is -2.17. The van der Waals surface area contributed by atoms with Gasteiger partial charge in [-0.05, 0) is 24.3 Å². The smallest absolute Gasteiger partial charge is 0.0827 e. The SMILES string of the molecule is C[C@@H]1CCO[C@H](c2ccccc2)C1. The standard InChI is InChI=1S/C12H16O/c1-10-7-8-13-12(9-10)11-5-3-2-4-6-11/h2-6,10,12H,7-9H2,1H3/t10-,12+/m1/s1. The molecule has 0 radical (unpaired) electrons. The molecule has 70 valence electrons. The van der Waals surface area contributed by atoms with Crippen molar-refractivity contribution >= 4 is 0 Å². The van der Waals surface area contributed by atoms with Gasteiger partial charge in [0, 0.05) is 6.61 Å². The van der Waals surface area contributed by atoms with E-state index in [1.54, 1.807) is 0 Å². The lowest BCUT2D eigenvalue weighted by molar-refractivity contribution is -0.00632. The highest BCUT2D eigenvalue weighted by atomic mass is 16.5. The molecule has 0 amide bonds. The summed E-state index contributed by atoms with van der Waals surface area (Å²) < 4.78 is 5.73. The third kappa shape index (κ3) is 2.10. The predicted octanol–water partition coefficient (Wildman–Crippen LogP) is 3.17. The summed E-state index contributed by atoms with van der Waals surface area (Å²) in [6.07, 6.45) is 2.72. The van der Waals surface area contributed by atoms with Gasteiger partial charge in [0.2, 0.25) is 0 Å². The van der Waals surface area contributed by atoms with Crippen molar-refractivity contribution in [3.63, 3.8) is 0 Å². The molecule has 1 heterocycles. The van der Waals surface area contributed by atoms with Crippen molar-refractivity contribution < 1.29 is 4.74 Å². The van der Waals surface area contributed by atoms with Gasteiger partial charge >= 0.3 is 0 Å². The molecule has 1 fully saturated rings. The molecule has 0 aromatic heterocycles. The minimum absolute atomic E-state index is 0.338. The van der Waals surface area contributed by atoms with Crippen LogP contribution in [0.1, 0.15) is 31.4 Å². The molecular formula is C12H16O. The zero-order valence-corrected chi connectivity index (χ0v) is 8.07. The lowest BCUT2D eigenvalue weighted by Gasteiger charge is -2.27. The summed E-state index contributed by atoms with van der Waals surface area (Å²) in [4.78, 5) is 0. The van der Waals surface area contributed by atoms with E-state index in [2.05, 4.69) is 37.3 Å². The van der Waals surface area contributed by atoms with Gasteiger partial charge in [-0.1, -0.05) is 37.3 Å². The van der Waals surface area contributed by atoms with E-state index in [4.69, 9.17) is 4.74 Å². The molecule has 1 heteroatoms. The molecule has 0 spiro atoms. The third-order valence-electron chi connectivity index (χ3n) is 2.72. The minimum atomic E-state index is 0.338. The molecule has 0 unspecified atom stereocenters. The van der Waals surface area contributed by atoms with Gasteiger partial charge in [0.05, 0.1) is 6.10 Å². The van der Waals surface area contributed by atoms with Crippen LogP contribution in [0.15, 0.2) is 30.3 Å². The van der Waals surface area contributed by atoms with Crippen LogP contribution in [0, 0.1) is 5.92 Å². The Hall–Kier alpha value is -0.820. The molecule has 1 aliphatic heterocycles. The van der Waals surface area contributed by atoms with Crippen molar-refractivity contribution in [2.45, 2.75) is 25.9 Å². The number of ether oxygens (including phenoxy) is 1. The molecule has 1 aromatic rings. The first-order valence-electron chi connectivity index (χ1n) is 5.03. The van der Waals surface area contributed by atoms with E-state index in [0.717, 1.165) is 12.5 Å². The van der Waals surface area contributed by atoms with Crippen LogP contribution in [-0.2, 0) is 4.74 Å². The van der Waals surface area contributed by atoms with Crippen molar-refractivity contribution in [2.24, 2.45) is 5.92 Å². The number of benzene rings is 1. The summed E-state index contributed by atoms with van der Waals surface area (Å²) >= 11 is 0. The fourth-order valence-electron chi connectivity index (χ4n) is 1.86. The van der Waals surface area contributed by atoms with Gasteiger partial charge in [-0.15, -0.1) is 0 Å². The van der Waals surface area contributed by atoms with E-state index in [1.165, 1.54) is 18.4 Å². The largest absolute Gasteiger partial charge is 0.374 e. The Balaban J connectivity index is 2.08. The summed E-state index contributed by atoms with van der Waals surface area (Å²) in [5, 5.41) is 0. The summed E-state index contributed by atoms with van der Waals surface area (Å²) in [6.45, 7) is 3.22. The second kappa shape index (κ2) is 3.93. The average Bonchev–Trinajstić information content (AvgIpc) is 2.19. The van der Waals surface area contributed by atoms with Crippen LogP contribution in [0.25, 0.3) is 0 Å². The highest BCUT2D eigenvalue weighted by Crippen LogP contribution is 2.30. The quantitative estimate of drug-likeness (QED) is 0.638. The topological polar surface area (TPSA) is 9.23 Å². The Bertz CT molecular complexity index is 255. The maximum absolute atomic E-state index is 5.73. The highest BCUT2D eigenvalue weighted by Gasteiger charge is 2.20. The molecule has 0 N–H and O–H groups in total. The lowest BCUT2D eigenvalue weighted by atomic mass is 9.94. The second-order valence-corrected chi connectivity index (χ2v) is 3.90. The van der Waals surface area contributed by atoms with Crippen LogP contribution in [0.2, 0.25) is 0 Å². The Morgan fingerprint density at radius 2 is 2.00 bits per heavy atom. The van der Waals surface area contributed by atoms with Crippen molar-refractivity contribution in [1.82, 2.24) is 0 Å². The first-order valence-corrected chi connectivity index (χ1v) is 5.03. The van der Waals surface area contributed by atoms with Crippen LogP contribution < -0.4 is 0 Å². The van der Waals surface area contributed by atoms with Crippen LogP contribution in [-0.4, -0.2) is 6.61 Å². The van der Waals surface area contributed by atoms with Crippen LogP contribution in [0.3, 0.4) is 0 Å². The fraction of sp³-hybridized carbons (Fsp3) is 0.500. The Kier molecular flexibility index (Phi) is 2.65. The molecule has 2 rings (SSSR count). The third-order valence-corrected chi connectivity index (χ3v) is 2.72. The number of hydrogen-bond donors (Lipinski definition) is 0. The summed E-state index contributed by atoms with van der Waals surface area (Å²) in [5.41, 5.74) is 1.33. The van der Waals surface area contributed by atoms with Gasteiger partial charge in [-0.25, -0.2) is 0 Å². The van der Waals surface area contributed by atoms with E-state index in [0.29, 0.717) is 6.10 Å². The fourth-order valence-corrected chi connectivity index (χ4v) is 1.86. The highest BCUT2D eigenvalue weighted by molar-refractivity contribution is 5.17. The van der Waals surface area contributed by atoms with E-state index in [9.17, 15) is 0 Å². The van der Waals surface area contributed by atoms with E-state index < -0.39 is 0 Å². The summed E-state index contributed by atoms with van der Waals surface area (Å²) in [7, 11) is 0. The second-order valence-electron chi connectivity index (χ2n) is 3.90. The molecule has 1 nitrogen and oxygen atoms in total. The van der Waals surface area contributed by atoms with Crippen LogP contribution in [0.4, 0.5) is 0 Å². The summed E-state index contributed by atoms with van der Waals surface area (Å²) in [5.74, 6) is 0.805. The van der Waals surface area contributed by atoms with Gasteiger partial charge in [0.1, 0.15) is 0 Å². The van der Waals surface area contributed by atoms with Crippen LogP contribution >= 0.6 is 0 Å². The first kappa shape index (κ1) is 8.76. The minimum Gasteiger partial charge on any atom is -0.374 e. The monoisotopic (exact) mass is 176 g/mol. The van der Waals surface area contributed by atoms with E-state index in [-0.39, 0.29) is 0 Å². The van der Waals surface area contributed by atoms with Gasteiger partial charge in [0.15, 0.2) is 0 Å². The maximum atomic E-state index is 5.73. The van der Waals surface area contributed by atoms with Gasteiger partial charge < -0.3 is 4.74 Å². The number of rotatable bonds is 1. The predicted molar refractivity (Wildman–Crippen MR) is 53.5 cm³/mol. The molecule has 0 saturated carbocycles. The first-order chi connectivity index (χ1) is 6.36. The van der Waals surface area contributed by atoms with Crippen molar-refractivity contribution in [3.05, 3.63) is 35.9 Å². The van der Waals surface area contributed by atoms with Crippen molar-refractivity contribution in [3.8, 4) is 0 Å². The Labute approximate surface area is 79.7 Å². The van der Waals surface area contributed by atoms with Crippen molar-refractivity contribution in [1.29, 1.82) is 0 Å².